The summed E-state index contributed by atoms with van der Waals surface area (Å²) in [4.78, 5) is 4.26. The van der Waals surface area contributed by atoms with Crippen molar-refractivity contribution in [1.29, 1.82) is 0 Å². The molecule has 2 N–H and O–H groups in total. The van der Waals surface area contributed by atoms with Gasteiger partial charge in [-0.2, -0.15) is 0 Å². The Kier molecular flexibility index (Phi) is 3.59. The van der Waals surface area contributed by atoms with Crippen LogP contribution in [0.3, 0.4) is 0 Å². The maximum Gasteiger partial charge on any atom is 0.0954 e. The number of hydrogen-bond acceptors (Lipinski definition) is 2. The number of aromatic nitrogens is 2. The molecule has 0 spiro atoms. The summed E-state index contributed by atoms with van der Waals surface area (Å²) in [6.07, 6.45) is 3.78. The molecule has 0 aliphatic rings. The topological polar surface area (TPSA) is 43.8 Å². The molecule has 0 aliphatic carbocycles. The quantitative estimate of drug-likeness (QED) is 0.876. The fourth-order valence-corrected chi connectivity index (χ4v) is 2.11. The van der Waals surface area contributed by atoms with E-state index in [9.17, 15) is 0 Å². The highest BCUT2D eigenvalue weighted by Crippen LogP contribution is 2.25. The summed E-state index contributed by atoms with van der Waals surface area (Å²) >= 11 is 0. The van der Waals surface area contributed by atoms with Crippen LogP contribution < -0.4 is 5.73 Å². The first kappa shape index (κ1) is 11.9. The summed E-state index contributed by atoms with van der Waals surface area (Å²) in [6, 6.07) is 10.6. The van der Waals surface area contributed by atoms with Crippen molar-refractivity contribution < 1.29 is 0 Å². The van der Waals surface area contributed by atoms with Crippen molar-refractivity contribution in [2.75, 3.05) is 6.54 Å². The van der Waals surface area contributed by atoms with Crippen LogP contribution in [0.2, 0.25) is 0 Å². The zero-order chi connectivity index (χ0) is 12.3. The average molecular weight is 229 g/mol. The lowest BCUT2D eigenvalue weighted by molar-refractivity contribution is 0.387. The first-order valence-electron chi connectivity index (χ1n) is 6.01. The minimum atomic E-state index is 0.299. The molecule has 3 nitrogen and oxygen atoms in total. The molecule has 0 saturated carbocycles. The van der Waals surface area contributed by atoms with E-state index in [1.165, 1.54) is 5.56 Å². The van der Waals surface area contributed by atoms with Crippen LogP contribution in [0, 0.1) is 5.92 Å². The van der Waals surface area contributed by atoms with Crippen LogP contribution in [0.15, 0.2) is 42.9 Å². The van der Waals surface area contributed by atoms with Gasteiger partial charge in [-0.1, -0.05) is 44.2 Å². The van der Waals surface area contributed by atoms with Crippen LogP contribution in [0.25, 0.3) is 11.3 Å². The summed E-state index contributed by atoms with van der Waals surface area (Å²) < 4.78 is 2.18. The summed E-state index contributed by atoms with van der Waals surface area (Å²) in [5, 5.41) is 0. The summed E-state index contributed by atoms with van der Waals surface area (Å²) in [7, 11) is 0. The first-order valence-corrected chi connectivity index (χ1v) is 6.01. The Morgan fingerprint density at radius 1 is 1.24 bits per heavy atom. The molecule has 1 atom stereocenters. The van der Waals surface area contributed by atoms with Crippen LogP contribution in [-0.4, -0.2) is 16.1 Å². The Balaban J connectivity index is 2.41. The Labute approximate surface area is 102 Å². The van der Waals surface area contributed by atoms with E-state index in [4.69, 9.17) is 5.73 Å². The molecule has 0 fully saturated rings. The van der Waals surface area contributed by atoms with E-state index in [2.05, 4.69) is 35.5 Å². The van der Waals surface area contributed by atoms with Gasteiger partial charge in [0, 0.05) is 12.6 Å². The third-order valence-electron chi connectivity index (χ3n) is 3.10. The highest BCUT2D eigenvalue weighted by Gasteiger charge is 2.16. The Hall–Kier alpha value is -1.61. The molecule has 1 aromatic heterocycles. The molecule has 2 rings (SSSR count). The van der Waals surface area contributed by atoms with Crippen molar-refractivity contribution in [1.82, 2.24) is 9.55 Å². The van der Waals surface area contributed by atoms with Crippen LogP contribution in [0.5, 0.6) is 0 Å². The maximum absolute atomic E-state index is 5.86. The highest BCUT2D eigenvalue weighted by molar-refractivity contribution is 5.58. The van der Waals surface area contributed by atoms with Crippen molar-refractivity contribution in [2.45, 2.75) is 19.9 Å². The molecule has 0 aliphatic heterocycles. The SMILES string of the molecule is CC(C)C(CN)n1cncc1-c1ccccc1. The highest BCUT2D eigenvalue weighted by atomic mass is 15.1. The monoisotopic (exact) mass is 229 g/mol. The second-order valence-corrected chi connectivity index (χ2v) is 4.60. The minimum Gasteiger partial charge on any atom is -0.328 e. The van der Waals surface area contributed by atoms with Gasteiger partial charge in [-0.05, 0) is 11.5 Å². The van der Waals surface area contributed by atoms with Gasteiger partial charge in [-0.25, -0.2) is 4.98 Å². The van der Waals surface area contributed by atoms with Gasteiger partial charge in [-0.3, -0.25) is 0 Å². The molecule has 0 amide bonds. The second kappa shape index (κ2) is 5.15. The number of hydrogen-bond donors (Lipinski definition) is 1. The summed E-state index contributed by atoms with van der Waals surface area (Å²) in [5.41, 5.74) is 8.18. The smallest absolute Gasteiger partial charge is 0.0954 e. The van der Waals surface area contributed by atoms with Gasteiger partial charge in [0.05, 0.1) is 18.2 Å². The molecule has 17 heavy (non-hydrogen) atoms. The Morgan fingerprint density at radius 2 is 1.94 bits per heavy atom. The van der Waals surface area contributed by atoms with Crippen molar-refractivity contribution in [2.24, 2.45) is 11.7 Å². The lowest BCUT2D eigenvalue weighted by Crippen LogP contribution is -2.24. The van der Waals surface area contributed by atoms with Crippen molar-refractivity contribution in [3.63, 3.8) is 0 Å². The van der Waals surface area contributed by atoms with Crippen LogP contribution in [0.1, 0.15) is 19.9 Å². The summed E-state index contributed by atoms with van der Waals surface area (Å²) in [6.45, 7) is 5.01. The molecule has 1 heterocycles. The third-order valence-corrected chi connectivity index (χ3v) is 3.10. The van der Waals surface area contributed by atoms with E-state index in [1.807, 2.05) is 30.7 Å². The maximum atomic E-state index is 5.86. The molecule has 0 saturated heterocycles. The normalized spacial score (nSPS) is 12.9. The molecule has 1 unspecified atom stereocenters. The molecule has 2 aromatic rings. The van der Waals surface area contributed by atoms with Crippen LogP contribution in [-0.2, 0) is 0 Å². The first-order chi connectivity index (χ1) is 8.24. The fourth-order valence-electron chi connectivity index (χ4n) is 2.11. The van der Waals surface area contributed by atoms with E-state index in [0.29, 0.717) is 18.5 Å². The number of imidazole rings is 1. The molecular weight excluding hydrogens is 210 g/mol. The predicted octanol–water partition coefficient (Wildman–Crippen LogP) is 2.71. The molecule has 90 valence electrons. The Morgan fingerprint density at radius 3 is 2.53 bits per heavy atom. The van der Waals surface area contributed by atoms with Gasteiger partial charge in [0.1, 0.15) is 0 Å². The lowest BCUT2D eigenvalue weighted by atomic mass is 10.0. The Bertz CT molecular complexity index is 459. The summed E-state index contributed by atoms with van der Waals surface area (Å²) in [5.74, 6) is 0.497. The number of nitrogens with two attached hydrogens (primary N) is 1. The predicted molar refractivity (Wildman–Crippen MR) is 70.6 cm³/mol. The molecule has 0 bridgehead atoms. The fraction of sp³-hybridized carbons (Fsp3) is 0.357. The van der Waals surface area contributed by atoms with Crippen LogP contribution in [0.4, 0.5) is 0 Å². The van der Waals surface area contributed by atoms with Crippen LogP contribution >= 0.6 is 0 Å². The van der Waals surface area contributed by atoms with Gasteiger partial charge in [0.25, 0.3) is 0 Å². The lowest BCUT2D eigenvalue weighted by Gasteiger charge is -2.23. The molecular formula is C14H19N3. The van der Waals surface area contributed by atoms with Gasteiger partial charge >= 0.3 is 0 Å². The van der Waals surface area contributed by atoms with Gasteiger partial charge in [0.15, 0.2) is 0 Å². The zero-order valence-corrected chi connectivity index (χ0v) is 10.4. The zero-order valence-electron chi connectivity index (χ0n) is 10.4. The van der Waals surface area contributed by atoms with Crippen molar-refractivity contribution >= 4 is 0 Å². The van der Waals surface area contributed by atoms with Crippen molar-refractivity contribution in [3.8, 4) is 11.3 Å². The van der Waals surface area contributed by atoms with E-state index in [1.54, 1.807) is 0 Å². The molecule has 3 heteroatoms. The van der Waals surface area contributed by atoms with E-state index in [-0.39, 0.29) is 0 Å². The van der Waals surface area contributed by atoms with E-state index in [0.717, 1.165) is 5.69 Å². The second-order valence-electron chi connectivity index (χ2n) is 4.60. The average Bonchev–Trinajstić information content (AvgIpc) is 2.80. The standard InChI is InChI=1S/C14H19N3/c1-11(2)13(8-15)17-10-16-9-14(17)12-6-4-3-5-7-12/h3-7,9-11,13H,8,15H2,1-2H3. The van der Waals surface area contributed by atoms with Gasteiger partial charge in [-0.15, -0.1) is 0 Å². The molecule has 1 aromatic carbocycles. The molecule has 0 radical (unpaired) electrons. The minimum absolute atomic E-state index is 0.299. The van der Waals surface area contributed by atoms with Gasteiger partial charge in [0.2, 0.25) is 0 Å². The van der Waals surface area contributed by atoms with E-state index >= 15 is 0 Å². The largest absolute Gasteiger partial charge is 0.328 e. The third kappa shape index (κ3) is 2.39. The van der Waals surface area contributed by atoms with E-state index < -0.39 is 0 Å². The number of rotatable bonds is 4. The van der Waals surface area contributed by atoms with Crippen molar-refractivity contribution in [3.05, 3.63) is 42.9 Å². The van der Waals surface area contributed by atoms with Gasteiger partial charge < -0.3 is 10.3 Å². The number of benzene rings is 1. The number of nitrogens with zero attached hydrogens (tertiary/aromatic N) is 2.